The molecule has 0 aliphatic carbocycles. The van der Waals surface area contributed by atoms with E-state index in [1.807, 2.05) is 6.92 Å². The molecule has 0 aliphatic heterocycles. The van der Waals surface area contributed by atoms with Gasteiger partial charge < -0.3 is 5.32 Å². The molecule has 1 atom stereocenters. The van der Waals surface area contributed by atoms with Crippen LogP contribution in [-0.2, 0) is 0 Å². The van der Waals surface area contributed by atoms with Gasteiger partial charge in [-0.05, 0) is 34.0 Å². The highest BCUT2D eigenvalue weighted by atomic mass is 79.9. The van der Waals surface area contributed by atoms with Gasteiger partial charge in [0.2, 0.25) is 0 Å². The first-order chi connectivity index (χ1) is 7.56. The van der Waals surface area contributed by atoms with Gasteiger partial charge in [0.15, 0.2) is 0 Å². The summed E-state index contributed by atoms with van der Waals surface area (Å²) in [7, 11) is 0. The van der Waals surface area contributed by atoms with Gasteiger partial charge in [-0.2, -0.15) is 0 Å². The highest BCUT2D eigenvalue weighted by molar-refractivity contribution is 9.10. The predicted molar refractivity (Wildman–Crippen MR) is 66.3 cm³/mol. The Morgan fingerprint density at radius 2 is 2.31 bits per heavy atom. The third kappa shape index (κ3) is 3.46. The Hall–Kier alpha value is -0.610. The minimum atomic E-state index is -0.446. The second kappa shape index (κ2) is 6.21. The van der Waals surface area contributed by atoms with Crippen LogP contribution in [-0.4, -0.2) is 18.3 Å². The third-order valence-corrected chi connectivity index (χ3v) is 3.40. The molecule has 0 saturated heterocycles. The van der Waals surface area contributed by atoms with E-state index < -0.39 is 5.82 Å². The van der Waals surface area contributed by atoms with Crippen LogP contribution < -0.4 is 5.32 Å². The standard InChI is InChI=1S/C11H12BrClFNO/c1-7(5-13)6-15-11(16)8-3-2-4-9(14)10(8)12/h2-4,7H,5-6H2,1H3,(H,15,16). The van der Waals surface area contributed by atoms with Crippen molar-refractivity contribution in [3.63, 3.8) is 0 Å². The quantitative estimate of drug-likeness (QED) is 0.850. The SMILES string of the molecule is CC(CCl)CNC(=O)c1cccc(F)c1Br. The molecule has 0 aromatic heterocycles. The van der Waals surface area contributed by atoms with Crippen molar-refractivity contribution in [2.24, 2.45) is 5.92 Å². The first-order valence-electron chi connectivity index (χ1n) is 4.84. The smallest absolute Gasteiger partial charge is 0.252 e. The summed E-state index contributed by atoms with van der Waals surface area (Å²) >= 11 is 8.66. The van der Waals surface area contributed by atoms with E-state index in [4.69, 9.17) is 11.6 Å². The van der Waals surface area contributed by atoms with E-state index >= 15 is 0 Å². The van der Waals surface area contributed by atoms with Crippen LogP contribution in [0, 0.1) is 11.7 Å². The molecule has 0 radical (unpaired) electrons. The molecule has 1 N–H and O–H groups in total. The number of alkyl halides is 1. The van der Waals surface area contributed by atoms with E-state index in [-0.39, 0.29) is 16.3 Å². The number of hydrogen-bond acceptors (Lipinski definition) is 1. The van der Waals surface area contributed by atoms with Gasteiger partial charge in [0.05, 0.1) is 10.0 Å². The lowest BCUT2D eigenvalue weighted by atomic mass is 10.2. The molecule has 0 aliphatic rings. The second-order valence-corrected chi connectivity index (χ2v) is 4.67. The molecule has 0 saturated carbocycles. The molecule has 1 rings (SSSR count). The molecule has 88 valence electrons. The topological polar surface area (TPSA) is 29.1 Å². The zero-order valence-electron chi connectivity index (χ0n) is 8.77. The van der Waals surface area contributed by atoms with E-state index in [9.17, 15) is 9.18 Å². The molecule has 1 aromatic rings. The van der Waals surface area contributed by atoms with E-state index in [1.54, 1.807) is 6.07 Å². The third-order valence-electron chi connectivity index (χ3n) is 2.07. The normalized spacial score (nSPS) is 12.2. The highest BCUT2D eigenvalue weighted by Gasteiger charge is 2.13. The van der Waals surface area contributed by atoms with Gasteiger partial charge in [-0.3, -0.25) is 4.79 Å². The van der Waals surface area contributed by atoms with E-state index in [0.717, 1.165) is 0 Å². The Morgan fingerprint density at radius 1 is 1.62 bits per heavy atom. The lowest BCUT2D eigenvalue weighted by molar-refractivity contribution is 0.0948. The molecule has 1 aromatic carbocycles. The number of carbonyl (C=O) groups is 1. The summed E-state index contributed by atoms with van der Waals surface area (Å²) in [5, 5.41) is 2.70. The van der Waals surface area contributed by atoms with Gasteiger partial charge >= 0.3 is 0 Å². The molecule has 2 nitrogen and oxygen atoms in total. The molecule has 1 amide bonds. The molecule has 0 heterocycles. The maximum Gasteiger partial charge on any atom is 0.252 e. The van der Waals surface area contributed by atoms with Crippen LogP contribution in [0.1, 0.15) is 17.3 Å². The fourth-order valence-electron chi connectivity index (χ4n) is 1.10. The molecular weight excluding hydrogens is 296 g/mol. The van der Waals surface area contributed by atoms with Crippen molar-refractivity contribution >= 4 is 33.4 Å². The first-order valence-corrected chi connectivity index (χ1v) is 6.17. The number of halogens is 3. The average molecular weight is 309 g/mol. The molecular formula is C11H12BrClFNO. The van der Waals surface area contributed by atoms with E-state index in [2.05, 4.69) is 21.2 Å². The average Bonchev–Trinajstić information content (AvgIpc) is 2.29. The highest BCUT2D eigenvalue weighted by Crippen LogP contribution is 2.20. The maximum absolute atomic E-state index is 13.2. The van der Waals surface area contributed by atoms with Gasteiger partial charge in [-0.1, -0.05) is 13.0 Å². The second-order valence-electron chi connectivity index (χ2n) is 3.57. The van der Waals surface area contributed by atoms with E-state index in [0.29, 0.717) is 18.0 Å². The van der Waals surface area contributed by atoms with Crippen molar-refractivity contribution < 1.29 is 9.18 Å². The van der Waals surface area contributed by atoms with Crippen molar-refractivity contribution in [3.8, 4) is 0 Å². The molecule has 0 spiro atoms. The minimum Gasteiger partial charge on any atom is -0.352 e. The molecule has 0 fully saturated rings. The van der Waals surface area contributed by atoms with Crippen LogP contribution in [0.5, 0.6) is 0 Å². The van der Waals surface area contributed by atoms with Gasteiger partial charge in [-0.25, -0.2) is 4.39 Å². The first kappa shape index (κ1) is 13.5. The zero-order chi connectivity index (χ0) is 12.1. The monoisotopic (exact) mass is 307 g/mol. The van der Waals surface area contributed by atoms with Crippen LogP contribution in [0.25, 0.3) is 0 Å². The summed E-state index contributed by atoms with van der Waals surface area (Å²) in [6.45, 7) is 2.40. The molecule has 1 unspecified atom stereocenters. The summed E-state index contributed by atoms with van der Waals surface area (Å²) < 4.78 is 13.3. The van der Waals surface area contributed by atoms with E-state index in [1.165, 1.54) is 12.1 Å². The lowest BCUT2D eigenvalue weighted by Gasteiger charge is -2.10. The summed E-state index contributed by atoms with van der Waals surface area (Å²) in [4.78, 5) is 11.7. The Balaban J connectivity index is 2.70. The van der Waals surface area contributed by atoms with Crippen LogP contribution in [0.2, 0.25) is 0 Å². The fraction of sp³-hybridized carbons (Fsp3) is 0.364. The van der Waals surface area contributed by atoms with Gasteiger partial charge in [0.25, 0.3) is 5.91 Å². The number of benzene rings is 1. The number of amides is 1. The summed E-state index contributed by atoms with van der Waals surface area (Å²) in [6.07, 6.45) is 0. The lowest BCUT2D eigenvalue weighted by Crippen LogP contribution is -2.29. The number of nitrogens with one attached hydrogen (secondary N) is 1. The number of rotatable bonds is 4. The summed E-state index contributed by atoms with van der Waals surface area (Å²) in [5.74, 6) is -0.0794. The number of hydrogen-bond donors (Lipinski definition) is 1. The Kier molecular flexibility index (Phi) is 5.22. The largest absolute Gasteiger partial charge is 0.352 e. The van der Waals surface area contributed by atoms with Crippen molar-refractivity contribution in [2.75, 3.05) is 12.4 Å². The van der Waals surface area contributed by atoms with Crippen molar-refractivity contribution in [1.82, 2.24) is 5.32 Å². The maximum atomic E-state index is 13.2. The van der Waals surface area contributed by atoms with Crippen molar-refractivity contribution in [3.05, 3.63) is 34.1 Å². The van der Waals surface area contributed by atoms with Crippen LogP contribution >= 0.6 is 27.5 Å². The van der Waals surface area contributed by atoms with Gasteiger partial charge in [-0.15, -0.1) is 11.6 Å². The van der Waals surface area contributed by atoms with Crippen LogP contribution in [0.15, 0.2) is 22.7 Å². The Morgan fingerprint density at radius 3 is 2.94 bits per heavy atom. The predicted octanol–water partition coefficient (Wildman–Crippen LogP) is 3.19. The Bertz CT molecular complexity index is 386. The minimum absolute atomic E-state index is 0.186. The Labute approximate surface area is 107 Å². The molecule has 5 heteroatoms. The van der Waals surface area contributed by atoms with Crippen LogP contribution in [0.4, 0.5) is 4.39 Å². The fourth-order valence-corrected chi connectivity index (χ4v) is 1.65. The molecule has 0 bridgehead atoms. The van der Waals surface area contributed by atoms with Crippen molar-refractivity contribution in [2.45, 2.75) is 6.92 Å². The summed E-state index contributed by atoms with van der Waals surface area (Å²) in [6, 6.07) is 4.36. The zero-order valence-corrected chi connectivity index (χ0v) is 11.1. The van der Waals surface area contributed by atoms with Gasteiger partial charge in [0.1, 0.15) is 5.82 Å². The number of carbonyl (C=O) groups excluding carboxylic acids is 1. The van der Waals surface area contributed by atoms with Crippen LogP contribution in [0.3, 0.4) is 0 Å². The summed E-state index contributed by atoms with van der Waals surface area (Å²) in [5.41, 5.74) is 0.293. The molecule has 16 heavy (non-hydrogen) atoms. The van der Waals surface area contributed by atoms with Gasteiger partial charge in [0, 0.05) is 12.4 Å². The van der Waals surface area contributed by atoms with Crippen molar-refractivity contribution in [1.29, 1.82) is 0 Å².